The maximum atomic E-state index is 10.7. The van der Waals surface area contributed by atoms with Crippen molar-refractivity contribution in [3.63, 3.8) is 0 Å². The summed E-state index contributed by atoms with van der Waals surface area (Å²) in [5.41, 5.74) is 2.29. The smallest absolute Gasteiger partial charge is 0.304 e. The summed E-state index contributed by atoms with van der Waals surface area (Å²) in [6.45, 7) is 4.18. The van der Waals surface area contributed by atoms with Gasteiger partial charge in [0.25, 0.3) is 0 Å². The van der Waals surface area contributed by atoms with Crippen molar-refractivity contribution in [3.8, 4) is 0 Å². The summed E-state index contributed by atoms with van der Waals surface area (Å²) in [4.78, 5) is 10.7. The molecule has 0 amide bonds. The number of ether oxygens (including phenoxy) is 2. The van der Waals surface area contributed by atoms with E-state index in [4.69, 9.17) is 14.6 Å². The molecule has 0 radical (unpaired) electrons. The predicted molar refractivity (Wildman–Crippen MR) is 74.7 cm³/mol. The van der Waals surface area contributed by atoms with Gasteiger partial charge in [-0.2, -0.15) is 0 Å². The van der Waals surface area contributed by atoms with Gasteiger partial charge in [0.15, 0.2) is 0 Å². The van der Waals surface area contributed by atoms with Crippen LogP contribution in [0.4, 0.5) is 0 Å². The van der Waals surface area contributed by atoms with E-state index in [1.165, 1.54) is 0 Å². The molecule has 110 valence electrons. The van der Waals surface area contributed by atoms with Crippen molar-refractivity contribution in [3.05, 3.63) is 35.4 Å². The van der Waals surface area contributed by atoms with E-state index < -0.39 is 5.97 Å². The van der Waals surface area contributed by atoms with Crippen LogP contribution in [0.25, 0.3) is 0 Å². The maximum Gasteiger partial charge on any atom is 0.304 e. The van der Waals surface area contributed by atoms with Crippen LogP contribution in [0.1, 0.15) is 23.6 Å². The Labute approximate surface area is 118 Å². The molecule has 0 aromatic heterocycles. The highest BCUT2D eigenvalue weighted by atomic mass is 16.6. The number of hydrogen-bond acceptors (Lipinski definition) is 4. The highest BCUT2D eigenvalue weighted by Crippen LogP contribution is 2.24. The molecule has 5 nitrogen and oxygen atoms in total. The first kappa shape index (κ1) is 15.0. The van der Waals surface area contributed by atoms with E-state index in [-0.39, 0.29) is 18.6 Å². The molecule has 5 heteroatoms. The lowest BCUT2D eigenvalue weighted by Gasteiger charge is -2.32. The minimum absolute atomic E-state index is 0.0455. The third kappa shape index (κ3) is 4.03. The molecule has 0 saturated carbocycles. The van der Waals surface area contributed by atoms with Crippen LogP contribution in [0.15, 0.2) is 24.3 Å². The van der Waals surface area contributed by atoms with Gasteiger partial charge in [-0.1, -0.05) is 24.3 Å². The lowest BCUT2D eigenvalue weighted by atomic mass is 9.96. The predicted octanol–water partition coefficient (Wildman–Crippen LogP) is 1.52. The van der Waals surface area contributed by atoms with E-state index in [9.17, 15) is 4.79 Å². The summed E-state index contributed by atoms with van der Waals surface area (Å²) in [5.74, 6) is -0.804. The number of benzene rings is 1. The lowest BCUT2D eigenvalue weighted by Crippen LogP contribution is -2.41. The van der Waals surface area contributed by atoms with E-state index >= 15 is 0 Å². The fourth-order valence-corrected chi connectivity index (χ4v) is 2.41. The topological polar surface area (TPSA) is 67.8 Å². The lowest BCUT2D eigenvalue weighted by molar-refractivity contribution is -0.137. The van der Waals surface area contributed by atoms with Crippen molar-refractivity contribution < 1.29 is 19.4 Å². The highest BCUT2D eigenvalue weighted by Gasteiger charge is 2.27. The Morgan fingerprint density at radius 3 is 2.90 bits per heavy atom. The molecular formula is C15H21NO4. The second-order valence-electron chi connectivity index (χ2n) is 4.92. The Morgan fingerprint density at radius 1 is 1.45 bits per heavy atom. The molecule has 0 spiro atoms. The standard InChI is InChI=1S/C15H21NO4/c1-11-4-2-3-5-12(11)15(16-7-6-14(17)18)13-10-19-8-9-20-13/h2-5,13,15-16H,6-10H2,1H3,(H,17,18). The third-order valence-corrected chi connectivity index (χ3v) is 3.44. The first-order valence-electron chi connectivity index (χ1n) is 6.88. The monoisotopic (exact) mass is 279 g/mol. The zero-order valence-corrected chi connectivity index (χ0v) is 11.7. The van der Waals surface area contributed by atoms with Crippen LogP contribution in [0.5, 0.6) is 0 Å². The fraction of sp³-hybridized carbons (Fsp3) is 0.533. The van der Waals surface area contributed by atoms with Crippen molar-refractivity contribution >= 4 is 5.97 Å². The summed E-state index contributed by atoms with van der Waals surface area (Å²) < 4.78 is 11.2. The molecule has 1 heterocycles. The zero-order chi connectivity index (χ0) is 14.4. The molecule has 2 N–H and O–H groups in total. The molecule has 2 rings (SSSR count). The van der Waals surface area contributed by atoms with Gasteiger partial charge in [-0.15, -0.1) is 0 Å². The number of carboxylic acids is 1. The first-order valence-corrected chi connectivity index (χ1v) is 6.88. The van der Waals surface area contributed by atoms with Crippen molar-refractivity contribution in [1.29, 1.82) is 0 Å². The normalized spacial score (nSPS) is 20.6. The zero-order valence-electron chi connectivity index (χ0n) is 11.7. The van der Waals surface area contributed by atoms with Gasteiger partial charge in [0.1, 0.15) is 6.10 Å². The van der Waals surface area contributed by atoms with E-state index in [0.29, 0.717) is 26.4 Å². The third-order valence-electron chi connectivity index (χ3n) is 3.44. The first-order chi connectivity index (χ1) is 9.68. The summed E-state index contributed by atoms with van der Waals surface area (Å²) in [6, 6.07) is 8.02. The second-order valence-corrected chi connectivity index (χ2v) is 4.92. The summed E-state index contributed by atoms with van der Waals surface area (Å²) >= 11 is 0. The van der Waals surface area contributed by atoms with Gasteiger partial charge in [0.2, 0.25) is 0 Å². The van der Waals surface area contributed by atoms with Crippen LogP contribution in [0.2, 0.25) is 0 Å². The molecule has 1 aliphatic rings. The van der Waals surface area contributed by atoms with Crippen molar-refractivity contribution in [2.24, 2.45) is 0 Å². The quantitative estimate of drug-likeness (QED) is 0.826. The largest absolute Gasteiger partial charge is 0.481 e. The highest BCUT2D eigenvalue weighted by molar-refractivity contribution is 5.66. The van der Waals surface area contributed by atoms with Crippen molar-refractivity contribution in [2.45, 2.75) is 25.5 Å². The Balaban J connectivity index is 2.10. The number of carboxylic acid groups (broad SMARTS) is 1. The SMILES string of the molecule is Cc1ccccc1C(NCCC(=O)O)C1COCCO1. The van der Waals surface area contributed by atoms with Crippen LogP contribution in [-0.4, -0.2) is 43.5 Å². The van der Waals surface area contributed by atoms with Gasteiger partial charge >= 0.3 is 5.97 Å². The molecule has 1 aromatic rings. The fourth-order valence-electron chi connectivity index (χ4n) is 2.41. The Bertz CT molecular complexity index is 443. The van der Waals surface area contributed by atoms with Crippen LogP contribution in [0.3, 0.4) is 0 Å². The Morgan fingerprint density at radius 2 is 2.25 bits per heavy atom. The van der Waals surface area contributed by atoms with Crippen LogP contribution >= 0.6 is 0 Å². The number of carbonyl (C=O) groups is 1. The Hall–Kier alpha value is -1.43. The number of nitrogens with one attached hydrogen (secondary N) is 1. The minimum Gasteiger partial charge on any atom is -0.481 e. The molecule has 0 aliphatic carbocycles. The number of hydrogen-bond donors (Lipinski definition) is 2. The van der Waals surface area contributed by atoms with Gasteiger partial charge in [-0.25, -0.2) is 0 Å². The summed E-state index contributed by atoms with van der Waals surface area (Å²) in [7, 11) is 0. The molecule has 1 aromatic carbocycles. The van der Waals surface area contributed by atoms with Crippen LogP contribution in [-0.2, 0) is 14.3 Å². The van der Waals surface area contributed by atoms with Gasteiger partial charge in [-0.3, -0.25) is 4.79 Å². The van der Waals surface area contributed by atoms with Crippen molar-refractivity contribution in [1.82, 2.24) is 5.32 Å². The van der Waals surface area contributed by atoms with E-state index in [0.717, 1.165) is 11.1 Å². The van der Waals surface area contributed by atoms with Gasteiger partial charge in [0.05, 0.1) is 32.3 Å². The van der Waals surface area contributed by atoms with Gasteiger partial charge < -0.3 is 19.9 Å². The average molecular weight is 279 g/mol. The molecule has 2 unspecified atom stereocenters. The molecule has 20 heavy (non-hydrogen) atoms. The van der Waals surface area contributed by atoms with E-state index in [2.05, 4.69) is 5.32 Å². The number of rotatable bonds is 6. The average Bonchev–Trinajstić information content (AvgIpc) is 2.45. The molecular weight excluding hydrogens is 258 g/mol. The maximum absolute atomic E-state index is 10.7. The molecule has 2 atom stereocenters. The number of aryl methyl sites for hydroxylation is 1. The van der Waals surface area contributed by atoms with E-state index in [1.807, 2.05) is 31.2 Å². The molecule has 0 bridgehead atoms. The van der Waals surface area contributed by atoms with E-state index in [1.54, 1.807) is 0 Å². The summed E-state index contributed by atoms with van der Waals surface area (Å²) in [6.07, 6.45) is 0.00862. The molecule has 1 fully saturated rings. The minimum atomic E-state index is -0.804. The van der Waals surface area contributed by atoms with Crippen molar-refractivity contribution in [2.75, 3.05) is 26.4 Å². The molecule has 1 aliphatic heterocycles. The van der Waals surface area contributed by atoms with Crippen LogP contribution < -0.4 is 5.32 Å². The van der Waals surface area contributed by atoms with Gasteiger partial charge in [0, 0.05) is 6.54 Å². The second kappa shape index (κ2) is 7.38. The summed E-state index contributed by atoms with van der Waals surface area (Å²) in [5, 5.41) is 12.1. The Kier molecular flexibility index (Phi) is 5.52. The molecule has 1 saturated heterocycles. The van der Waals surface area contributed by atoms with Crippen LogP contribution in [0, 0.1) is 6.92 Å². The van der Waals surface area contributed by atoms with Gasteiger partial charge in [-0.05, 0) is 18.1 Å². The number of aliphatic carboxylic acids is 1.